The van der Waals surface area contributed by atoms with Crippen LogP contribution in [-0.2, 0) is 4.74 Å². The number of guanidine groups is 1. The van der Waals surface area contributed by atoms with Gasteiger partial charge in [0.05, 0.1) is 26.9 Å². The molecule has 1 fully saturated rings. The number of ether oxygens (including phenoxy) is 3. The van der Waals surface area contributed by atoms with E-state index in [1.807, 2.05) is 31.2 Å². The molecule has 1 aliphatic rings. The van der Waals surface area contributed by atoms with E-state index >= 15 is 0 Å². The molecule has 2 atom stereocenters. The average Bonchev–Trinajstić information content (AvgIpc) is 2.71. The van der Waals surface area contributed by atoms with E-state index in [2.05, 4.69) is 34.4 Å². The van der Waals surface area contributed by atoms with E-state index in [0.717, 1.165) is 50.3 Å². The molecule has 0 amide bonds. The lowest BCUT2D eigenvalue weighted by Crippen LogP contribution is -2.53. The molecule has 1 aromatic carbocycles. The number of hydrogen-bond donors (Lipinski definition) is 2. The van der Waals surface area contributed by atoms with Crippen LogP contribution in [0.25, 0.3) is 0 Å². The van der Waals surface area contributed by atoms with Crippen molar-refractivity contribution >= 4 is 29.9 Å². The number of nitrogens with one attached hydrogen (secondary N) is 2. The summed E-state index contributed by atoms with van der Waals surface area (Å²) in [6.45, 7) is 11.7. The first kappa shape index (κ1) is 25.8. The van der Waals surface area contributed by atoms with Crippen LogP contribution in [0.15, 0.2) is 29.3 Å². The zero-order chi connectivity index (χ0) is 20.4. The second-order valence-electron chi connectivity index (χ2n) is 7.40. The maximum Gasteiger partial charge on any atom is 0.191 e. The normalized spacial score (nSPS) is 17.2. The molecule has 2 rings (SSSR count). The number of methoxy groups -OCH3 is 1. The lowest BCUT2D eigenvalue weighted by atomic mass is 10.0. The van der Waals surface area contributed by atoms with Crippen LogP contribution in [0.4, 0.5) is 0 Å². The maximum absolute atomic E-state index is 5.94. The largest absolute Gasteiger partial charge is 0.497 e. The second-order valence-corrected chi connectivity index (χ2v) is 7.40. The van der Waals surface area contributed by atoms with Crippen LogP contribution in [-0.4, -0.2) is 76.6 Å². The van der Waals surface area contributed by atoms with Gasteiger partial charge >= 0.3 is 0 Å². The van der Waals surface area contributed by atoms with Gasteiger partial charge in [-0.1, -0.05) is 13.8 Å². The van der Waals surface area contributed by atoms with Crippen molar-refractivity contribution in [3.8, 4) is 11.5 Å². The van der Waals surface area contributed by atoms with Gasteiger partial charge in [0.15, 0.2) is 5.96 Å². The first-order valence-electron chi connectivity index (χ1n) is 10.1. The summed E-state index contributed by atoms with van der Waals surface area (Å²) in [4.78, 5) is 6.85. The van der Waals surface area contributed by atoms with Gasteiger partial charge in [-0.25, -0.2) is 0 Å². The van der Waals surface area contributed by atoms with Crippen molar-refractivity contribution in [3.05, 3.63) is 24.3 Å². The van der Waals surface area contributed by atoms with Gasteiger partial charge in [0.1, 0.15) is 17.6 Å². The standard InChI is InChI=1S/C21H36N4O3.HI/c1-16(2)20(25-10-12-27-13-11-25)15-24-21(22-4)23-14-17(3)28-19-8-6-18(26-5)7-9-19;/h6-9,16-17,20H,10-15H2,1-5H3,(H2,22,23,24);1H. The van der Waals surface area contributed by atoms with Crippen molar-refractivity contribution in [3.63, 3.8) is 0 Å². The number of halogens is 1. The van der Waals surface area contributed by atoms with Crippen LogP contribution in [0.3, 0.4) is 0 Å². The average molecular weight is 520 g/mol. The van der Waals surface area contributed by atoms with Crippen LogP contribution >= 0.6 is 24.0 Å². The molecule has 2 N–H and O–H groups in total. The minimum absolute atomic E-state index is 0. The van der Waals surface area contributed by atoms with Gasteiger partial charge in [0.2, 0.25) is 0 Å². The Balaban J connectivity index is 0.00000420. The molecule has 8 heteroatoms. The monoisotopic (exact) mass is 520 g/mol. The van der Waals surface area contributed by atoms with Crippen molar-refractivity contribution in [2.24, 2.45) is 10.9 Å². The minimum Gasteiger partial charge on any atom is -0.497 e. The molecule has 2 unspecified atom stereocenters. The summed E-state index contributed by atoms with van der Waals surface area (Å²) in [5.74, 6) is 3.00. The van der Waals surface area contributed by atoms with E-state index in [-0.39, 0.29) is 30.1 Å². The predicted molar refractivity (Wildman–Crippen MR) is 129 cm³/mol. The van der Waals surface area contributed by atoms with E-state index in [1.54, 1.807) is 14.2 Å². The van der Waals surface area contributed by atoms with E-state index in [9.17, 15) is 0 Å². The van der Waals surface area contributed by atoms with Gasteiger partial charge in [-0.2, -0.15) is 0 Å². The molecule has 1 saturated heterocycles. The molecule has 0 radical (unpaired) electrons. The third kappa shape index (κ3) is 8.96. The molecule has 0 aliphatic carbocycles. The van der Waals surface area contributed by atoms with Gasteiger partial charge in [-0.05, 0) is 37.1 Å². The molecule has 0 aromatic heterocycles. The number of rotatable bonds is 9. The van der Waals surface area contributed by atoms with Gasteiger partial charge in [0.25, 0.3) is 0 Å². The molecular weight excluding hydrogens is 483 g/mol. The Morgan fingerprint density at radius 3 is 2.21 bits per heavy atom. The Bertz CT molecular complexity index is 592. The minimum atomic E-state index is 0. The highest BCUT2D eigenvalue weighted by molar-refractivity contribution is 14.0. The van der Waals surface area contributed by atoms with E-state index in [0.29, 0.717) is 18.5 Å². The summed E-state index contributed by atoms with van der Waals surface area (Å²) < 4.78 is 16.6. The molecule has 29 heavy (non-hydrogen) atoms. The van der Waals surface area contributed by atoms with Crippen LogP contribution < -0.4 is 20.1 Å². The zero-order valence-corrected chi connectivity index (χ0v) is 20.6. The highest BCUT2D eigenvalue weighted by Gasteiger charge is 2.23. The maximum atomic E-state index is 5.94. The number of hydrogen-bond acceptors (Lipinski definition) is 5. The quantitative estimate of drug-likeness (QED) is 0.297. The second kappa shape index (κ2) is 13.9. The highest BCUT2D eigenvalue weighted by Crippen LogP contribution is 2.18. The van der Waals surface area contributed by atoms with E-state index in [1.165, 1.54) is 0 Å². The van der Waals surface area contributed by atoms with Crippen molar-refractivity contribution in [1.82, 2.24) is 15.5 Å². The van der Waals surface area contributed by atoms with E-state index in [4.69, 9.17) is 14.2 Å². The summed E-state index contributed by atoms with van der Waals surface area (Å²) in [6.07, 6.45) is 0.00656. The Morgan fingerprint density at radius 2 is 1.66 bits per heavy atom. The lowest BCUT2D eigenvalue weighted by Gasteiger charge is -2.37. The fraction of sp³-hybridized carbons (Fsp3) is 0.667. The van der Waals surface area contributed by atoms with Crippen molar-refractivity contribution in [2.75, 3.05) is 53.6 Å². The third-order valence-corrected chi connectivity index (χ3v) is 4.94. The predicted octanol–water partition coefficient (Wildman–Crippen LogP) is 2.60. The summed E-state index contributed by atoms with van der Waals surface area (Å²) in [7, 11) is 3.45. The van der Waals surface area contributed by atoms with Gasteiger partial charge in [-0.15, -0.1) is 24.0 Å². The zero-order valence-electron chi connectivity index (χ0n) is 18.3. The number of benzene rings is 1. The molecule has 166 valence electrons. The number of morpholine rings is 1. The van der Waals surface area contributed by atoms with Crippen LogP contribution in [0.2, 0.25) is 0 Å². The third-order valence-electron chi connectivity index (χ3n) is 4.94. The van der Waals surface area contributed by atoms with E-state index < -0.39 is 0 Å². The first-order chi connectivity index (χ1) is 13.5. The Morgan fingerprint density at radius 1 is 1.07 bits per heavy atom. The fourth-order valence-corrected chi connectivity index (χ4v) is 3.29. The highest BCUT2D eigenvalue weighted by atomic mass is 127. The fourth-order valence-electron chi connectivity index (χ4n) is 3.29. The Hall–Kier alpha value is -1.26. The van der Waals surface area contributed by atoms with Gasteiger partial charge in [0, 0.05) is 32.7 Å². The molecule has 0 saturated carbocycles. The van der Waals surface area contributed by atoms with Crippen molar-refractivity contribution in [1.29, 1.82) is 0 Å². The lowest BCUT2D eigenvalue weighted by molar-refractivity contribution is 0.00751. The number of nitrogens with zero attached hydrogens (tertiary/aromatic N) is 2. The van der Waals surface area contributed by atoms with Crippen LogP contribution in [0, 0.1) is 5.92 Å². The Kier molecular flexibility index (Phi) is 12.3. The molecule has 0 spiro atoms. The molecule has 7 nitrogen and oxygen atoms in total. The van der Waals surface area contributed by atoms with Crippen molar-refractivity contribution < 1.29 is 14.2 Å². The first-order valence-corrected chi connectivity index (χ1v) is 10.1. The molecule has 1 aromatic rings. The SMILES string of the molecule is CN=C(NCC(C)Oc1ccc(OC)cc1)NCC(C(C)C)N1CCOCC1.I. The number of aliphatic imine (C=N–C) groups is 1. The molecular formula is C21H37IN4O3. The summed E-state index contributed by atoms with van der Waals surface area (Å²) in [5.41, 5.74) is 0. The molecule has 1 aliphatic heterocycles. The van der Waals surface area contributed by atoms with Crippen LogP contribution in [0.5, 0.6) is 11.5 Å². The molecule has 1 heterocycles. The summed E-state index contributed by atoms with van der Waals surface area (Å²) in [5, 5.41) is 6.82. The van der Waals surface area contributed by atoms with Gasteiger partial charge in [-0.3, -0.25) is 9.89 Å². The molecule has 0 bridgehead atoms. The van der Waals surface area contributed by atoms with Crippen molar-refractivity contribution in [2.45, 2.75) is 32.9 Å². The van der Waals surface area contributed by atoms with Crippen LogP contribution in [0.1, 0.15) is 20.8 Å². The smallest absolute Gasteiger partial charge is 0.191 e. The Labute approximate surface area is 192 Å². The summed E-state index contributed by atoms with van der Waals surface area (Å²) in [6, 6.07) is 8.08. The topological polar surface area (TPSA) is 67.4 Å². The van der Waals surface area contributed by atoms with Gasteiger partial charge < -0.3 is 24.8 Å². The summed E-state index contributed by atoms with van der Waals surface area (Å²) >= 11 is 0.